The molecule has 0 aliphatic rings. The van der Waals surface area contributed by atoms with E-state index < -0.39 is 5.56 Å². The lowest BCUT2D eigenvalue weighted by Gasteiger charge is -1.89. The number of nitrogens with zero attached hydrogens (tertiary/aromatic N) is 3. The van der Waals surface area contributed by atoms with E-state index in [-0.39, 0.29) is 16.2 Å². The predicted molar refractivity (Wildman–Crippen MR) is 65.6 cm³/mol. The lowest BCUT2D eigenvalue weighted by atomic mass is 10.4. The van der Waals surface area contributed by atoms with Crippen LogP contribution in [0, 0.1) is 6.92 Å². The average Bonchev–Trinajstić information content (AvgIpc) is 2.93. The van der Waals surface area contributed by atoms with Gasteiger partial charge in [0.1, 0.15) is 16.0 Å². The fourth-order valence-electron chi connectivity index (χ4n) is 1.49. The Morgan fingerprint density at radius 2 is 2.28 bits per heavy atom. The monoisotopic (exact) mass is 261 g/mol. The second-order valence-electron chi connectivity index (χ2n) is 3.63. The zero-order valence-electron chi connectivity index (χ0n) is 9.28. The van der Waals surface area contributed by atoms with Crippen molar-refractivity contribution in [2.45, 2.75) is 6.92 Å². The van der Waals surface area contributed by atoms with Gasteiger partial charge in [0.15, 0.2) is 0 Å². The Balaban J connectivity index is 2.37. The van der Waals surface area contributed by atoms with Crippen molar-refractivity contribution in [2.24, 2.45) is 0 Å². The Hall–Kier alpha value is -2.28. The molecule has 0 saturated carbocycles. The third-order valence-electron chi connectivity index (χ3n) is 2.36. The molecular formula is C11H7N3O3S. The zero-order valence-corrected chi connectivity index (χ0v) is 10.1. The lowest BCUT2D eigenvalue weighted by Crippen LogP contribution is -2.26. The molecule has 0 aliphatic carbocycles. The number of rotatable bonds is 1. The van der Waals surface area contributed by atoms with Crippen molar-refractivity contribution in [3.05, 3.63) is 55.1 Å². The smallest absolute Gasteiger partial charge is 0.295 e. The quantitative estimate of drug-likeness (QED) is 0.614. The molecule has 0 aromatic carbocycles. The van der Waals surface area contributed by atoms with E-state index in [0.29, 0.717) is 10.3 Å². The molecule has 0 N–H and O–H groups in total. The van der Waals surface area contributed by atoms with Crippen molar-refractivity contribution >= 4 is 22.4 Å². The van der Waals surface area contributed by atoms with Crippen LogP contribution in [-0.2, 0) is 0 Å². The molecule has 0 saturated heterocycles. The molecule has 3 aromatic heterocycles. The number of thiazole rings is 1. The van der Waals surface area contributed by atoms with E-state index >= 15 is 0 Å². The molecule has 0 fully saturated rings. The van der Waals surface area contributed by atoms with Crippen LogP contribution in [0.2, 0.25) is 0 Å². The molecule has 0 bridgehead atoms. The molecule has 0 amide bonds. The van der Waals surface area contributed by atoms with Gasteiger partial charge in [-0.1, -0.05) is 11.3 Å². The first-order valence-corrected chi connectivity index (χ1v) is 5.92. The van der Waals surface area contributed by atoms with Crippen LogP contribution in [0.1, 0.15) is 11.5 Å². The highest BCUT2D eigenvalue weighted by molar-refractivity contribution is 7.15. The van der Waals surface area contributed by atoms with Crippen LogP contribution in [0.25, 0.3) is 11.0 Å². The standard InChI is InChI=1S/C11H7N3O3S/c1-6-9(15)12-11-14(13-6)10(16)8(18-11)5-7-3-2-4-17-7/h2-5H,1H3/b8-5+. The number of furan rings is 1. The highest BCUT2D eigenvalue weighted by Crippen LogP contribution is 2.01. The largest absolute Gasteiger partial charge is 0.465 e. The summed E-state index contributed by atoms with van der Waals surface area (Å²) in [5.41, 5.74) is -0.519. The lowest BCUT2D eigenvalue weighted by molar-refractivity contribution is 0.556. The van der Waals surface area contributed by atoms with Crippen LogP contribution in [0.3, 0.4) is 0 Å². The molecule has 7 heteroatoms. The van der Waals surface area contributed by atoms with Crippen molar-refractivity contribution in [3.8, 4) is 0 Å². The predicted octanol–water partition coefficient (Wildman–Crippen LogP) is -0.0397. The molecule has 0 unspecified atom stereocenters. The van der Waals surface area contributed by atoms with Crippen LogP contribution in [-0.4, -0.2) is 14.6 Å². The van der Waals surface area contributed by atoms with Gasteiger partial charge in [0.05, 0.1) is 6.26 Å². The molecule has 3 heterocycles. The first-order valence-electron chi connectivity index (χ1n) is 5.11. The summed E-state index contributed by atoms with van der Waals surface area (Å²) in [6.07, 6.45) is 3.12. The van der Waals surface area contributed by atoms with E-state index in [1.165, 1.54) is 13.2 Å². The maximum atomic E-state index is 12.0. The Morgan fingerprint density at radius 3 is 3.00 bits per heavy atom. The molecule has 0 atom stereocenters. The molecule has 18 heavy (non-hydrogen) atoms. The van der Waals surface area contributed by atoms with Gasteiger partial charge in [-0.05, 0) is 19.1 Å². The molecule has 3 aromatic rings. The van der Waals surface area contributed by atoms with Crippen molar-refractivity contribution in [1.29, 1.82) is 0 Å². The minimum Gasteiger partial charge on any atom is -0.465 e. The minimum atomic E-state index is -0.416. The van der Waals surface area contributed by atoms with Gasteiger partial charge in [0.2, 0.25) is 4.96 Å². The molecular weight excluding hydrogens is 254 g/mol. The van der Waals surface area contributed by atoms with E-state index in [4.69, 9.17) is 4.42 Å². The number of hydrogen-bond acceptors (Lipinski definition) is 6. The van der Waals surface area contributed by atoms with E-state index in [1.807, 2.05) is 0 Å². The Labute approximate surface area is 104 Å². The summed E-state index contributed by atoms with van der Waals surface area (Å²) in [7, 11) is 0. The first-order chi connectivity index (χ1) is 8.65. The molecule has 90 valence electrons. The van der Waals surface area contributed by atoms with E-state index in [1.54, 1.807) is 18.2 Å². The summed E-state index contributed by atoms with van der Waals surface area (Å²) in [6, 6.07) is 3.47. The Kier molecular flexibility index (Phi) is 2.34. The van der Waals surface area contributed by atoms with E-state index in [2.05, 4.69) is 10.1 Å². The minimum absolute atomic E-state index is 0.201. The highest BCUT2D eigenvalue weighted by atomic mass is 32.1. The summed E-state index contributed by atoms with van der Waals surface area (Å²) in [5, 5.41) is 3.91. The van der Waals surface area contributed by atoms with Crippen LogP contribution < -0.4 is 15.7 Å². The number of aromatic nitrogens is 3. The number of aryl methyl sites for hydroxylation is 1. The first kappa shape index (κ1) is 10.8. The summed E-state index contributed by atoms with van der Waals surface area (Å²) < 4.78 is 6.70. The van der Waals surface area contributed by atoms with Crippen LogP contribution >= 0.6 is 11.3 Å². The highest BCUT2D eigenvalue weighted by Gasteiger charge is 2.08. The summed E-state index contributed by atoms with van der Waals surface area (Å²) >= 11 is 1.11. The maximum Gasteiger partial charge on any atom is 0.295 e. The van der Waals surface area contributed by atoms with Gasteiger partial charge in [-0.2, -0.15) is 14.6 Å². The second-order valence-corrected chi connectivity index (χ2v) is 4.64. The molecule has 0 aliphatic heterocycles. The average molecular weight is 261 g/mol. The summed E-state index contributed by atoms with van der Waals surface area (Å²) in [6.45, 7) is 1.52. The van der Waals surface area contributed by atoms with Gasteiger partial charge in [0.25, 0.3) is 11.1 Å². The molecule has 3 rings (SSSR count). The van der Waals surface area contributed by atoms with Gasteiger partial charge in [-0.25, -0.2) is 0 Å². The van der Waals surface area contributed by atoms with Crippen LogP contribution in [0.4, 0.5) is 0 Å². The number of fused-ring (bicyclic) bond motifs is 1. The normalized spacial score (nSPS) is 12.4. The Morgan fingerprint density at radius 1 is 1.44 bits per heavy atom. The van der Waals surface area contributed by atoms with E-state index in [9.17, 15) is 9.59 Å². The fraction of sp³-hybridized carbons (Fsp3) is 0.0909. The topological polar surface area (TPSA) is 77.5 Å². The molecule has 0 spiro atoms. The van der Waals surface area contributed by atoms with Crippen molar-refractivity contribution in [2.75, 3.05) is 0 Å². The fourth-order valence-corrected chi connectivity index (χ4v) is 2.37. The molecule has 6 nitrogen and oxygen atoms in total. The molecule has 0 radical (unpaired) electrons. The summed E-state index contributed by atoms with van der Waals surface area (Å²) in [5.74, 6) is 0.568. The SMILES string of the molecule is Cc1nn2c(=O)/c(=C\c3ccco3)sc2nc1=O. The zero-order chi connectivity index (χ0) is 12.7. The third kappa shape index (κ3) is 1.65. The number of hydrogen-bond donors (Lipinski definition) is 0. The van der Waals surface area contributed by atoms with Crippen molar-refractivity contribution in [3.63, 3.8) is 0 Å². The van der Waals surface area contributed by atoms with Crippen LogP contribution in [0.5, 0.6) is 0 Å². The van der Waals surface area contributed by atoms with Gasteiger partial charge in [-0.3, -0.25) is 9.59 Å². The van der Waals surface area contributed by atoms with Gasteiger partial charge < -0.3 is 4.42 Å². The van der Waals surface area contributed by atoms with Gasteiger partial charge in [0, 0.05) is 6.08 Å². The maximum absolute atomic E-state index is 12.0. The second kappa shape index (κ2) is 3.88. The van der Waals surface area contributed by atoms with Gasteiger partial charge in [-0.15, -0.1) is 0 Å². The van der Waals surface area contributed by atoms with E-state index in [0.717, 1.165) is 15.9 Å². The summed E-state index contributed by atoms with van der Waals surface area (Å²) in [4.78, 5) is 27.5. The van der Waals surface area contributed by atoms with Crippen molar-refractivity contribution < 1.29 is 4.42 Å². The van der Waals surface area contributed by atoms with Gasteiger partial charge >= 0.3 is 0 Å². The van der Waals surface area contributed by atoms with Crippen molar-refractivity contribution in [1.82, 2.24) is 14.6 Å². The Bertz CT molecular complexity index is 877. The van der Waals surface area contributed by atoms with Crippen LogP contribution in [0.15, 0.2) is 32.4 Å². The third-order valence-corrected chi connectivity index (χ3v) is 3.32.